The van der Waals surface area contributed by atoms with E-state index in [-0.39, 0.29) is 30.9 Å². The van der Waals surface area contributed by atoms with E-state index in [1.807, 2.05) is 50.2 Å². The highest BCUT2D eigenvalue weighted by atomic mass is 79.9. The van der Waals surface area contributed by atoms with E-state index in [1.54, 1.807) is 18.0 Å². The Labute approximate surface area is 173 Å². The van der Waals surface area contributed by atoms with Gasteiger partial charge in [0, 0.05) is 15.2 Å². The number of anilines is 1. The molecule has 0 aromatic heterocycles. The second-order valence-corrected chi connectivity index (χ2v) is 7.81. The zero-order valence-electron chi connectivity index (χ0n) is 15.6. The summed E-state index contributed by atoms with van der Waals surface area (Å²) in [5.74, 6) is -0.340. The van der Waals surface area contributed by atoms with Crippen LogP contribution in [0.3, 0.4) is 0 Å². The van der Waals surface area contributed by atoms with Crippen molar-refractivity contribution in [2.24, 2.45) is 0 Å². The van der Waals surface area contributed by atoms with Gasteiger partial charge in [-0.3, -0.25) is 14.5 Å². The summed E-state index contributed by atoms with van der Waals surface area (Å²) < 4.78 is 0.958. The zero-order chi connectivity index (χ0) is 20.0. The number of hydrogen-bond donors (Lipinski definition) is 2. The van der Waals surface area contributed by atoms with E-state index in [1.165, 1.54) is 0 Å². The van der Waals surface area contributed by atoms with Crippen molar-refractivity contribution in [3.8, 4) is 0 Å². The molecule has 27 heavy (non-hydrogen) atoms. The van der Waals surface area contributed by atoms with Crippen molar-refractivity contribution in [2.45, 2.75) is 19.9 Å². The van der Waals surface area contributed by atoms with Crippen LogP contribution in [0.15, 0.2) is 46.9 Å². The SMILES string of the molecule is Cc1cc(Br)ccc1NC(=O)CN(C)CC(=O)N[C@@H](C)c1ccccc1Cl. The van der Waals surface area contributed by atoms with E-state index in [9.17, 15) is 9.59 Å². The summed E-state index contributed by atoms with van der Waals surface area (Å²) in [4.78, 5) is 26.1. The van der Waals surface area contributed by atoms with Gasteiger partial charge in [-0.1, -0.05) is 45.7 Å². The molecule has 0 fully saturated rings. The minimum absolute atomic E-state index is 0.113. The Morgan fingerprint density at radius 2 is 1.81 bits per heavy atom. The molecule has 2 aromatic rings. The number of aryl methyl sites for hydroxylation is 1. The average Bonchev–Trinajstić information content (AvgIpc) is 2.57. The maximum atomic E-state index is 12.2. The van der Waals surface area contributed by atoms with Gasteiger partial charge in [0.05, 0.1) is 19.1 Å². The summed E-state index contributed by atoms with van der Waals surface area (Å²) in [6.45, 7) is 4.03. The topological polar surface area (TPSA) is 61.4 Å². The Morgan fingerprint density at radius 1 is 1.15 bits per heavy atom. The number of benzene rings is 2. The fourth-order valence-electron chi connectivity index (χ4n) is 2.69. The number of nitrogens with one attached hydrogen (secondary N) is 2. The third kappa shape index (κ3) is 6.65. The predicted octanol–water partition coefficient (Wildman–Crippen LogP) is 4.16. The monoisotopic (exact) mass is 451 g/mol. The Hall–Kier alpha value is -1.89. The van der Waals surface area contributed by atoms with Crippen LogP contribution in [0.2, 0.25) is 5.02 Å². The largest absolute Gasteiger partial charge is 0.348 e. The number of carbonyl (C=O) groups is 2. The molecule has 0 spiro atoms. The first-order valence-electron chi connectivity index (χ1n) is 8.54. The molecule has 0 heterocycles. The maximum Gasteiger partial charge on any atom is 0.238 e. The molecular formula is C20H23BrClN3O2. The minimum atomic E-state index is -0.209. The number of rotatable bonds is 7. The lowest BCUT2D eigenvalue weighted by atomic mass is 10.1. The first-order chi connectivity index (χ1) is 12.8. The van der Waals surface area contributed by atoms with E-state index >= 15 is 0 Å². The molecular weight excluding hydrogens is 430 g/mol. The van der Waals surface area contributed by atoms with Gasteiger partial charge in [-0.15, -0.1) is 0 Å². The van der Waals surface area contributed by atoms with Gasteiger partial charge in [-0.05, 0) is 56.3 Å². The van der Waals surface area contributed by atoms with Crippen LogP contribution in [0.25, 0.3) is 0 Å². The highest BCUT2D eigenvalue weighted by molar-refractivity contribution is 9.10. The Kier molecular flexibility index (Phi) is 7.83. The first-order valence-corrected chi connectivity index (χ1v) is 9.71. The third-order valence-corrected chi connectivity index (χ3v) is 4.88. The maximum absolute atomic E-state index is 12.2. The highest BCUT2D eigenvalue weighted by Gasteiger charge is 2.15. The molecule has 2 N–H and O–H groups in total. The van der Waals surface area contributed by atoms with Crippen LogP contribution in [-0.4, -0.2) is 36.9 Å². The summed E-state index contributed by atoms with van der Waals surface area (Å²) in [7, 11) is 1.73. The van der Waals surface area contributed by atoms with Gasteiger partial charge in [0.1, 0.15) is 0 Å². The van der Waals surface area contributed by atoms with Crippen molar-refractivity contribution in [3.05, 3.63) is 63.1 Å². The van der Waals surface area contributed by atoms with Gasteiger partial charge in [-0.2, -0.15) is 0 Å². The number of carbonyl (C=O) groups excluding carboxylic acids is 2. The first kappa shape index (κ1) is 21.4. The fourth-order valence-corrected chi connectivity index (χ4v) is 3.47. The van der Waals surface area contributed by atoms with Crippen molar-refractivity contribution in [2.75, 3.05) is 25.5 Å². The lowest BCUT2D eigenvalue weighted by Gasteiger charge is -2.20. The summed E-state index contributed by atoms with van der Waals surface area (Å²) >= 11 is 9.56. The van der Waals surface area contributed by atoms with Gasteiger partial charge in [0.25, 0.3) is 0 Å². The fraction of sp³-hybridized carbons (Fsp3) is 0.300. The molecule has 2 aromatic carbocycles. The second kappa shape index (κ2) is 9.88. The quantitative estimate of drug-likeness (QED) is 0.663. The van der Waals surface area contributed by atoms with Crippen LogP contribution in [0.1, 0.15) is 24.1 Å². The summed E-state index contributed by atoms with van der Waals surface area (Å²) in [6, 6.07) is 12.8. The van der Waals surface area contributed by atoms with E-state index in [0.29, 0.717) is 5.02 Å². The molecule has 0 saturated heterocycles. The van der Waals surface area contributed by atoms with E-state index in [0.717, 1.165) is 21.3 Å². The van der Waals surface area contributed by atoms with Crippen LogP contribution in [0, 0.1) is 6.92 Å². The molecule has 2 rings (SSSR count). The molecule has 5 nitrogen and oxygen atoms in total. The van der Waals surface area contributed by atoms with Crippen LogP contribution >= 0.6 is 27.5 Å². The van der Waals surface area contributed by atoms with Gasteiger partial charge in [0.2, 0.25) is 11.8 Å². The molecule has 0 unspecified atom stereocenters. The van der Waals surface area contributed by atoms with Gasteiger partial charge in [-0.25, -0.2) is 0 Å². The van der Waals surface area contributed by atoms with Crippen LogP contribution in [0.5, 0.6) is 0 Å². The van der Waals surface area contributed by atoms with E-state index < -0.39 is 0 Å². The Balaban J connectivity index is 1.83. The molecule has 7 heteroatoms. The molecule has 0 bridgehead atoms. The molecule has 0 radical (unpaired) electrons. The van der Waals surface area contributed by atoms with Crippen molar-refractivity contribution < 1.29 is 9.59 Å². The molecule has 0 aliphatic heterocycles. The number of amides is 2. The van der Waals surface area contributed by atoms with Gasteiger partial charge in [0.15, 0.2) is 0 Å². The number of hydrogen-bond acceptors (Lipinski definition) is 3. The molecule has 0 aliphatic rings. The van der Waals surface area contributed by atoms with Crippen molar-refractivity contribution in [3.63, 3.8) is 0 Å². The number of likely N-dealkylation sites (N-methyl/N-ethyl adjacent to an activating group) is 1. The Morgan fingerprint density at radius 3 is 2.48 bits per heavy atom. The third-order valence-electron chi connectivity index (χ3n) is 4.04. The molecule has 0 aliphatic carbocycles. The van der Waals surface area contributed by atoms with Crippen LogP contribution in [0.4, 0.5) is 5.69 Å². The standard InChI is InChI=1S/C20H23BrClN3O2/c1-13-10-15(21)8-9-18(13)24-20(27)12-25(3)11-19(26)23-14(2)16-6-4-5-7-17(16)22/h4-10,14H,11-12H2,1-3H3,(H,23,26)(H,24,27)/t14-/m0/s1. The van der Waals surface area contributed by atoms with Crippen molar-refractivity contribution in [1.29, 1.82) is 0 Å². The summed E-state index contributed by atoms with van der Waals surface area (Å²) in [6.07, 6.45) is 0. The van der Waals surface area contributed by atoms with Crippen molar-refractivity contribution >= 4 is 45.0 Å². The van der Waals surface area contributed by atoms with Crippen LogP contribution < -0.4 is 10.6 Å². The van der Waals surface area contributed by atoms with E-state index in [4.69, 9.17) is 11.6 Å². The molecule has 0 saturated carbocycles. The minimum Gasteiger partial charge on any atom is -0.348 e. The lowest BCUT2D eigenvalue weighted by molar-refractivity contribution is -0.123. The average molecular weight is 453 g/mol. The molecule has 144 valence electrons. The molecule has 2 amide bonds. The second-order valence-electron chi connectivity index (χ2n) is 6.49. The highest BCUT2D eigenvalue weighted by Crippen LogP contribution is 2.22. The lowest BCUT2D eigenvalue weighted by Crippen LogP contribution is -2.39. The smallest absolute Gasteiger partial charge is 0.238 e. The number of nitrogens with zero attached hydrogens (tertiary/aromatic N) is 1. The predicted molar refractivity (Wildman–Crippen MR) is 113 cm³/mol. The van der Waals surface area contributed by atoms with Crippen molar-refractivity contribution in [1.82, 2.24) is 10.2 Å². The van der Waals surface area contributed by atoms with E-state index in [2.05, 4.69) is 26.6 Å². The summed E-state index contributed by atoms with van der Waals surface area (Å²) in [5.41, 5.74) is 2.58. The van der Waals surface area contributed by atoms with Gasteiger partial charge >= 0.3 is 0 Å². The van der Waals surface area contributed by atoms with Gasteiger partial charge < -0.3 is 10.6 Å². The number of halogens is 2. The zero-order valence-corrected chi connectivity index (χ0v) is 17.9. The molecule has 1 atom stereocenters. The summed E-state index contributed by atoms with van der Waals surface area (Å²) in [5, 5.41) is 6.38. The van der Waals surface area contributed by atoms with Crippen LogP contribution in [-0.2, 0) is 9.59 Å². The Bertz CT molecular complexity index is 829. The normalized spacial score (nSPS) is 11.9.